The van der Waals surface area contributed by atoms with Crippen LogP contribution in [0.4, 0.5) is 0 Å². The fraction of sp³-hybridized carbons (Fsp3) is 0.333. The molecule has 0 bridgehead atoms. The molecule has 28 heavy (non-hydrogen) atoms. The number of rotatable bonds is 6. The summed E-state index contributed by atoms with van der Waals surface area (Å²) in [5.74, 6) is -0.532. The van der Waals surface area contributed by atoms with Crippen molar-refractivity contribution in [2.24, 2.45) is 0 Å². The minimum absolute atomic E-state index is 0.0576. The van der Waals surface area contributed by atoms with Gasteiger partial charge in [0.15, 0.2) is 0 Å². The number of likely N-dealkylation sites (N-methyl/N-ethyl adjacent to an activating group) is 1. The summed E-state index contributed by atoms with van der Waals surface area (Å²) in [6, 6.07) is 6.88. The second kappa shape index (κ2) is 10.5. The van der Waals surface area contributed by atoms with E-state index in [9.17, 15) is 14.7 Å². The largest absolute Gasteiger partial charge is 0.396 e. The lowest BCUT2D eigenvalue weighted by Gasteiger charge is -2.27. The number of allylic oxidation sites excluding steroid dienone is 4. The fourth-order valence-electron chi connectivity index (χ4n) is 2.78. The number of aliphatic hydroxyl groups is 1. The third kappa shape index (κ3) is 5.71. The highest BCUT2D eigenvalue weighted by molar-refractivity contribution is 6.40. The van der Waals surface area contributed by atoms with E-state index in [2.05, 4.69) is 5.32 Å². The average Bonchev–Trinajstić information content (AvgIpc) is 2.75. The second-order valence-electron chi connectivity index (χ2n) is 6.63. The van der Waals surface area contributed by atoms with Crippen molar-refractivity contribution in [2.45, 2.75) is 25.3 Å². The van der Waals surface area contributed by atoms with Gasteiger partial charge in [0, 0.05) is 42.6 Å². The predicted molar refractivity (Wildman–Crippen MR) is 112 cm³/mol. The summed E-state index contributed by atoms with van der Waals surface area (Å²) in [6.45, 7) is 2.08. The van der Waals surface area contributed by atoms with E-state index in [1.807, 2.05) is 24.9 Å². The number of aldehydes is 1. The Morgan fingerprint density at radius 2 is 2.04 bits per heavy atom. The van der Waals surface area contributed by atoms with Gasteiger partial charge in [0.1, 0.15) is 6.29 Å². The lowest BCUT2D eigenvalue weighted by Crippen LogP contribution is -2.38. The number of carbonyl (C=O) groups excluding carboxylic acids is 2. The quantitative estimate of drug-likeness (QED) is 0.687. The lowest BCUT2D eigenvalue weighted by atomic mass is 9.99. The molecule has 1 heterocycles. The average molecular weight is 423 g/mol. The monoisotopic (exact) mass is 422 g/mol. The number of hydrogen-bond acceptors (Lipinski definition) is 4. The minimum Gasteiger partial charge on any atom is -0.396 e. The molecule has 2 N–H and O–H groups in total. The van der Waals surface area contributed by atoms with Crippen LogP contribution in [0.3, 0.4) is 0 Å². The van der Waals surface area contributed by atoms with E-state index in [-0.39, 0.29) is 31.0 Å². The van der Waals surface area contributed by atoms with Gasteiger partial charge in [-0.1, -0.05) is 59.6 Å². The predicted octanol–water partition coefficient (Wildman–Crippen LogP) is 3.54. The Balaban J connectivity index is 2.12. The highest BCUT2D eigenvalue weighted by atomic mass is 35.5. The number of amides is 1. The van der Waals surface area contributed by atoms with Gasteiger partial charge in [0.05, 0.1) is 17.3 Å². The van der Waals surface area contributed by atoms with Crippen LogP contribution in [-0.2, 0) is 4.79 Å². The van der Waals surface area contributed by atoms with Crippen LogP contribution < -0.4 is 5.32 Å². The molecule has 1 amide bonds. The highest BCUT2D eigenvalue weighted by Crippen LogP contribution is 2.24. The van der Waals surface area contributed by atoms with E-state index in [4.69, 9.17) is 23.2 Å². The first-order valence-corrected chi connectivity index (χ1v) is 9.72. The van der Waals surface area contributed by atoms with E-state index >= 15 is 0 Å². The maximum Gasteiger partial charge on any atom is 0.267 e. The number of benzene rings is 1. The molecule has 0 fully saturated rings. The van der Waals surface area contributed by atoms with Crippen LogP contribution in [0.5, 0.6) is 0 Å². The molecule has 0 saturated carbocycles. The van der Waals surface area contributed by atoms with Crippen molar-refractivity contribution in [3.63, 3.8) is 0 Å². The molecule has 2 rings (SSSR count). The van der Waals surface area contributed by atoms with Crippen LogP contribution in [0.2, 0.25) is 0 Å². The molecule has 7 heteroatoms. The zero-order valence-corrected chi connectivity index (χ0v) is 17.4. The summed E-state index contributed by atoms with van der Waals surface area (Å²) in [5.41, 5.74) is 1.89. The van der Waals surface area contributed by atoms with Gasteiger partial charge in [-0.05, 0) is 18.6 Å². The van der Waals surface area contributed by atoms with Crippen LogP contribution in [0.1, 0.15) is 35.2 Å². The van der Waals surface area contributed by atoms with Gasteiger partial charge in [0.2, 0.25) is 0 Å². The molecule has 5 nitrogen and oxygen atoms in total. The molecule has 2 atom stereocenters. The van der Waals surface area contributed by atoms with Crippen molar-refractivity contribution in [3.05, 3.63) is 69.4 Å². The SMILES string of the molecule is CC1/C=C\C(Cl)=C(\Cl)C/C=C(/C(=O)NCC(CO)c2ccc(C=O)cc2)N1C. The van der Waals surface area contributed by atoms with Gasteiger partial charge in [0.25, 0.3) is 5.91 Å². The molecule has 0 saturated heterocycles. The summed E-state index contributed by atoms with van der Waals surface area (Å²) in [4.78, 5) is 25.4. The maximum absolute atomic E-state index is 12.8. The Morgan fingerprint density at radius 1 is 1.36 bits per heavy atom. The van der Waals surface area contributed by atoms with E-state index in [0.29, 0.717) is 27.7 Å². The molecule has 0 aromatic heterocycles. The first kappa shape index (κ1) is 22.2. The Morgan fingerprint density at radius 3 is 2.64 bits per heavy atom. The van der Waals surface area contributed by atoms with Crippen molar-refractivity contribution in [1.82, 2.24) is 10.2 Å². The molecule has 0 spiro atoms. The molecule has 1 aromatic carbocycles. The van der Waals surface area contributed by atoms with E-state index in [0.717, 1.165) is 11.8 Å². The topological polar surface area (TPSA) is 69.6 Å². The van der Waals surface area contributed by atoms with Crippen molar-refractivity contribution in [1.29, 1.82) is 0 Å². The van der Waals surface area contributed by atoms with Gasteiger partial charge in [-0.2, -0.15) is 0 Å². The molecule has 1 aliphatic rings. The van der Waals surface area contributed by atoms with Gasteiger partial charge in [-0.3, -0.25) is 9.59 Å². The third-order valence-electron chi connectivity index (χ3n) is 4.75. The van der Waals surface area contributed by atoms with E-state index in [1.54, 1.807) is 36.4 Å². The fourth-order valence-corrected chi connectivity index (χ4v) is 3.07. The van der Waals surface area contributed by atoms with Crippen LogP contribution in [-0.4, -0.2) is 48.4 Å². The van der Waals surface area contributed by atoms with Crippen LogP contribution in [0.15, 0.2) is 58.3 Å². The summed E-state index contributed by atoms with van der Waals surface area (Å²) in [7, 11) is 1.83. The molecular weight excluding hydrogens is 399 g/mol. The molecule has 0 radical (unpaired) electrons. The first-order valence-electron chi connectivity index (χ1n) is 8.96. The molecular formula is C21H24Cl2N2O3. The minimum atomic E-state index is -0.276. The molecule has 1 aliphatic heterocycles. The standard InChI is InChI=1S/C21H24Cl2N2O3/c1-14-3-8-18(22)19(23)9-10-20(25(14)2)21(28)24-11-17(13-27)16-6-4-15(12-26)5-7-16/h3-8,10,12,14,17,27H,9,11,13H2,1-2H3,(H,24,28)/b8-3-,19-18-,20-10-. The van der Waals surface area contributed by atoms with Crippen molar-refractivity contribution in [3.8, 4) is 0 Å². The summed E-state index contributed by atoms with van der Waals surface area (Å²) in [5, 5.41) is 13.5. The Kier molecular flexibility index (Phi) is 8.30. The number of carbonyl (C=O) groups is 2. The zero-order valence-electron chi connectivity index (χ0n) is 15.9. The van der Waals surface area contributed by atoms with Crippen molar-refractivity contribution < 1.29 is 14.7 Å². The van der Waals surface area contributed by atoms with Crippen molar-refractivity contribution in [2.75, 3.05) is 20.2 Å². The molecule has 150 valence electrons. The maximum atomic E-state index is 12.8. The lowest BCUT2D eigenvalue weighted by molar-refractivity contribution is -0.119. The molecule has 1 aromatic rings. The number of hydrogen-bond donors (Lipinski definition) is 2. The smallest absolute Gasteiger partial charge is 0.267 e. The molecule has 2 unspecified atom stereocenters. The van der Waals surface area contributed by atoms with Crippen molar-refractivity contribution >= 4 is 35.4 Å². The number of nitrogens with one attached hydrogen (secondary N) is 1. The van der Waals surface area contributed by atoms with E-state index in [1.165, 1.54) is 0 Å². The second-order valence-corrected chi connectivity index (χ2v) is 7.49. The van der Waals surface area contributed by atoms with Crippen LogP contribution >= 0.6 is 23.2 Å². The van der Waals surface area contributed by atoms with E-state index < -0.39 is 0 Å². The highest BCUT2D eigenvalue weighted by Gasteiger charge is 2.20. The first-order chi connectivity index (χ1) is 13.4. The van der Waals surface area contributed by atoms with Crippen LogP contribution in [0.25, 0.3) is 0 Å². The Hall–Kier alpha value is -2.08. The summed E-state index contributed by atoms with van der Waals surface area (Å²) in [6.07, 6.45) is 6.48. The summed E-state index contributed by atoms with van der Waals surface area (Å²) >= 11 is 12.3. The third-order valence-corrected chi connectivity index (χ3v) is 5.56. The Bertz CT molecular complexity index is 800. The van der Waals surface area contributed by atoms with Gasteiger partial charge in [-0.25, -0.2) is 0 Å². The van der Waals surface area contributed by atoms with Gasteiger partial charge >= 0.3 is 0 Å². The normalized spacial score (nSPS) is 24.2. The molecule has 0 aliphatic carbocycles. The number of halogens is 2. The Labute approximate surface area is 175 Å². The van der Waals surface area contributed by atoms with Gasteiger partial charge < -0.3 is 15.3 Å². The van der Waals surface area contributed by atoms with Crippen LogP contribution in [0, 0.1) is 0 Å². The zero-order chi connectivity index (χ0) is 20.7. The summed E-state index contributed by atoms with van der Waals surface area (Å²) < 4.78 is 0. The number of aliphatic hydroxyl groups excluding tert-OH is 1. The number of nitrogens with zero attached hydrogens (tertiary/aromatic N) is 1. The van der Waals surface area contributed by atoms with Gasteiger partial charge in [-0.15, -0.1) is 0 Å².